The Kier molecular flexibility index (Phi) is 4.03. The highest BCUT2D eigenvalue weighted by molar-refractivity contribution is 9.10. The molecular formula is C8H6BrCl2NO. The minimum atomic E-state index is -0.250. The highest BCUT2D eigenvalue weighted by atomic mass is 79.9. The van der Waals surface area contributed by atoms with Crippen LogP contribution in [0.2, 0.25) is 5.02 Å². The van der Waals surface area contributed by atoms with E-state index in [1.54, 1.807) is 18.2 Å². The number of benzene rings is 1. The Labute approximate surface area is 94.3 Å². The molecule has 1 aromatic rings. The minimum Gasteiger partial charge on any atom is -0.325 e. The number of nitrogens with one attached hydrogen (secondary N) is 1. The maximum Gasteiger partial charge on any atom is 0.239 e. The number of alkyl halides is 1. The van der Waals surface area contributed by atoms with Crippen LogP contribution in [0.1, 0.15) is 0 Å². The molecule has 0 unspecified atom stereocenters. The maximum atomic E-state index is 10.9. The van der Waals surface area contributed by atoms with E-state index in [-0.39, 0.29) is 11.8 Å². The summed E-state index contributed by atoms with van der Waals surface area (Å²) in [5, 5.41) is 3.13. The number of carbonyl (C=O) groups excluding carboxylic acids is 1. The molecule has 0 spiro atoms. The van der Waals surface area contributed by atoms with Gasteiger partial charge in [0.05, 0.1) is 5.02 Å². The second kappa shape index (κ2) is 4.84. The van der Waals surface area contributed by atoms with Gasteiger partial charge >= 0.3 is 0 Å². The molecule has 1 N–H and O–H groups in total. The molecule has 1 rings (SSSR count). The molecule has 0 aliphatic heterocycles. The van der Waals surface area contributed by atoms with Crippen molar-refractivity contribution in [1.29, 1.82) is 0 Å². The molecule has 0 saturated heterocycles. The molecule has 2 nitrogen and oxygen atoms in total. The second-order valence-electron chi connectivity index (χ2n) is 2.31. The lowest BCUT2D eigenvalue weighted by atomic mass is 10.3. The van der Waals surface area contributed by atoms with Gasteiger partial charge in [-0.3, -0.25) is 4.79 Å². The molecule has 1 aromatic carbocycles. The monoisotopic (exact) mass is 281 g/mol. The molecule has 0 fully saturated rings. The van der Waals surface area contributed by atoms with Crippen LogP contribution in [0.4, 0.5) is 5.69 Å². The zero-order chi connectivity index (χ0) is 9.84. The van der Waals surface area contributed by atoms with Crippen LogP contribution in [0.3, 0.4) is 0 Å². The largest absolute Gasteiger partial charge is 0.325 e. The van der Waals surface area contributed by atoms with Gasteiger partial charge in [-0.2, -0.15) is 0 Å². The Hall–Kier alpha value is -0.250. The van der Waals surface area contributed by atoms with Gasteiger partial charge in [-0.05, 0) is 34.1 Å². The van der Waals surface area contributed by atoms with Crippen molar-refractivity contribution in [2.45, 2.75) is 0 Å². The third-order valence-corrected chi connectivity index (χ3v) is 2.80. The molecule has 0 bridgehead atoms. The third kappa shape index (κ3) is 3.18. The topological polar surface area (TPSA) is 29.1 Å². The summed E-state index contributed by atoms with van der Waals surface area (Å²) < 4.78 is 0.790. The predicted octanol–water partition coefficient (Wildman–Crippen LogP) is 3.28. The molecular weight excluding hydrogens is 277 g/mol. The van der Waals surface area contributed by atoms with E-state index >= 15 is 0 Å². The number of rotatable bonds is 2. The van der Waals surface area contributed by atoms with Crippen LogP contribution in [0, 0.1) is 0 Å². The van der Waals surface area contributed by atoms with Gasteiger partial charge in [-0.15, -0.1) is 11.6 Å². The fourth-order valence-electron chi connectivity index (χ4n) is 0.768. The number of carbonyl (C=O) groups is 1. The van der Waals surface area contributed by atoms with Crippen LogP contribution in [-0.2, 0) is 4.79 Å². The molecule has 0 aliphatic rings. The number of anilines is 1. The van der Waals surface area contributed by atoms with Crippen molar-refractivity contribution in [2.75, 3.05) is 11.2 Å². The van der Waals surface area contributed by atoms with E-state index < -0.39 is 0 Å². The van der Waals surface area contributed by atoms with E-state index in [0.717, 1.165) is 4.47 Å². The SMILES string of the molecule is O=C(CCl)Nc1ccc(Br)c(Cl)c1. The maximum absolute atomic E-state index is 10.9. The molecule has 0 radical (unpaired) electrons. The lowest BCUT2D eigenvalue weighted by Crippen LogP contribution is -2.12. The van der Waals surface area contributed by atoms with Crippen LogP contribution >= 0.6 is 39.1 Å². The van der Waals surface area contributed by atoms with Crippen molar-refractivity contribution >= 4 is 50.7 Å². The average molecular weight is 283 g/mol. The van der Waals surface area contributed by atoms with Crippen LogP contribution in [0.15, 0.2) is 22.7 Å². The van der Waals surface area contributed by atoms with Gasteiger partial charge in [0.25, 0.3) is 0 Å². The van der Waals surface area contributed by atoms with E-state index in [1.165, 1.54) is 0 Å². The van der Waals surface area contributed by atoms with Crippen LogP contribution in [0.25, 0.3) is 0 Å². The summed E-state index contributed by atoms with van der Waals surface area (Å²) in [6.45, 7) is 0. The zero-order valence-electron chi connectivity index (χ0n) is 6.48. The summed E-state index contributed by atoms with van der Waals surface area (Å²) in [5.41, 5.74) is 0.638. The summed E-state index contributed by atoms with van der Waals surface area (Å²) in [6, 6.07) is 5.14. The quantitative estimate of drug-likeness (QED) is 0.829. The number of halogens is 3. The Morgan fingerprint density at radius 2 is 2.23 bits per heavy atom. The molecule has 5 heteroatoms. The first-order valence-corrected chi connectivity index (χ1v) is 5.15. The first kappa shape index (κ1) is 10.8. The average Bonchev–Trinajstić information content (AvgIpc) is 2.11. The van der Waals surface area contributed by atoms with Crippen molar-refractivity contribution in [2.24, 2.45) is 0 Å². The highest BCUT2D eigenvalue weighted by Crippen LogP contribution is 2.25. The Morgan fingerprint density at radius 1 is 1.54 bits per heavy atom. The lowest BCUT2D eigenvalue weighted by Gasteiger charge is -2.03. The summed E-state index contributed by atoms with van der Waals surface area (Å²) in [6.07, 6.45) is 0. The number of amides is 1. The van der Waals surface area contributed by atoms with Gasteiger partial charge in [0, 0.05) is 10.2 Å². The fraction of sp³-hybridized carbons (Fsp3) is 0.125. The minimum absolute atomic E-state index is 0.0618. The van der Waals surface area contributed by atoms with Gasteiger partial charge in [-0.25, -0.2) is 0 Å². The first-order valence-electron chi connectivity index (χ1n) is 3.44. The van der Waals surface area contributed by atoms with Gasteiger partial charge in [0.15, 0.2) is 0 Å². The molecule has 0 saturated carbocycles. The Balaban J connectivity index is 2.79. The summed E-state index contributed by atoms with van der Waals surface area (Å²) in [5.74, 6) is -0.312. The van der Waals surface area contributed by atoms with E-state index in [1.807, 2.05) is 0 Å². The van der Waals surface area contributed by atoms with Crippen LogP contribution < -0.4 is 5.32 Å². The third-order valence-electron chi connectivity index (χ3n) is 1.32. The smallest absolute Gasteiger partial charge is 0.239 e. The van der Waals surface area contributed by atoms with E-state index in [2.05, 4.69) is 21.2 Å². The second-order valence-corrected chi connectivity index (χ2v) is 3.84. The number of hydrogen-bond acceptors (Lipinski definition) is 1. The Morgan fingerprint density at radius 3 is 2.77 bits per heavy atom. The standard InChI is InChI=1S/C8H6BrCl2NO/c9-6-2-1-5(3-7(6)11)12-8(13)4-10/h1-3H,4H2,(H,12,13). The fourth-order valence-corrected chi connectivity index (χ4v) is 1.26. The molecule has 0 heterocycles. The van der Waals surface area contributed by atoms with Gasteiger partial charge in [0.1, 0.15) is 5.88 Å². The van der Waals surface area contributed by atoms with Crippen LogP contribution in [0.5, 0.6) is 0 Å². The van der Waals surface area contributed by atoms with Crippen molar-refractivity contribution in [3.05, 3.63) is 27.7 Å². The molecule has 0 aliphatic carbocycles. The predicted molar refractivity (Wildman–Crippen MR) is 58.5 cm³/mol. The Bertz CT molecular complexity index is 330. The first-order chi connectivity index (χ1) is 6.13. The molecule has 0 aromatic heterocycles. The normalized spacial score (nSPS) is 9.77. The highest BCUT2D eigenvalue weighted by Gasteiger charge is 2.02. The van der Waals surface area contributed by atoms with Crippen molar-refractivity contribution in [1.82, 2.24) is 0 Å². The molecule has 0 atom stereocenters. The van der Waals surface area contributed by atoms with Crippen molar-refractivity contribution in [3.63, 3.8) is 0 Å². The number of hydrogen-bond donors (Lipinski definition) is 1. The van der Waals surface area contributed by atoms with Crippen LogP contribution in [-0.4, -0.2) is 11.8 Å². The summed E-state index contributed by atoms with van der Waals surface area (Å²) in [7, 11) is 0. The lowest BCUT2D eigenvalue weighted by molar-refractivity contribution is -0.113. The molecule has 70 valence electrons. The summed E-state index contributed by atoms with van der Waals surface area (Å²) in [4.78, 5) is 10.9. The van der Waals surface area contributed by atoms with E-state index in [4.69, 9.17) is 23.2 Å². The van der Waals surface area contributed by atoms with Gasteiger partial charge < -0.3 is 5.32 Å². The van der Waals surface area contributed by atoms with E-state index in [9.17, 15) is 4.79 Å². The van der Waals surface area contributed by atoms with Crippen molar-refractivity contribution < 1.29 is 4.79 Å². The zero-order valence-corrected chi connectivity index (χ0v) is 9.58. The molecule has 1 amide bonds. The van der Waals surface area contributed by atoms with E-state index in [0.29, 0.717) is 10.7 Å². The van der Waals surface area contributed by atoms with Crippen molar-refractivity contribution in [3.8, 4) is 0 Å². The summed E-state index contributed by atoms with van der Waals surface area (Å²) >= 11 is 14.4. The van der Waals surface area contributed by atoms with Gasteiger partial charge in [0.2, 0.25) is 5.91 Å². The molecule has 13 heavy (non-hydrogen) atoms. The van der Waals surface area contributed by atoms with Gasteiger partial charge in [-0.1, -0.05) is 11.6 Å².